The first-order valence-electron chi connectivity index (χ1n) is 11.0. The van der Waals surface area contributed by atoms with Crippen molar-refractivity contribution in [2.24, 2.45) is 0 Å². The third-order valence-electron chi connectivity index (χ3n) is 6.27. The topological polar surface area (TPSA) is 128 Å². The van der Waals surface area contributed by atoms with Crippen molar-refractivity contribution >= 4 is 21.3 Å². The molecule has 1 atom stereocenters. The van der Waals surface area contributed by atoms with Crippen molar-refractivity contribution in [2.75, 3.05) is 27.4 Å². The van der Waals surface area contributed by atoms with E-state index in [-0.39, 0.29) is 23.6 Å². The van der Waals surface area contributed by atoms with Gasteiger partial charge in [-0.05, 0) is 67.0 Å². The van der Waals surface area contributed by atoms with E-state index in [2.05, 4.69) is 10.8 Å². The average molecular weight is 491 g/mol. The molecule has 0 saturated heterocycles. The van der Waals surface area contributed by atoms with Crippen LogP contribution in [0.3, 0.4) is 0 Å². The van der Waals surface area contributed by atoms with E-state index in [4.69, 9.17) is 9.47 Å². The lowest BCUT2D eigenvalue weighted by atomic mass is 9.80. The van der Waals surface area contributed by atoms with Crippen LogP contribution >= 0.6 is 0 Å². The van der Waals surface area contributed by atoms with Gasteiger partial charge in [-0.25, -0.2) is 13.1 Å². The molecule has 3 rings (SSSR count). The van der Waals surface area contributed by atoms with Crippen molar-refractivity contribution in [2.45, 2.75) is 42.6 Å². The van der Waals surface area contributed by atoms with Crippen molar-refractivity contribution in [3.63, 3.8) is 0 Å². The molecule has 0 heterocycles. The van der Waals surface area contributed by atoms with Gasteiger partial charge in [-0.1, -0.05) is 24.3 Å². The van der Waals surface area contributed by atoms with Gasteiger partial charge in [0.2, 0.25) is 10.0 Å². The van der Waals surface area contributed by atoms with Gasteiger partial charge in [0, 0.05) is 26.3 Å². The van der Waals surface area contributed by atoms with Gasteiger partial charge in [-0.15, -0.1) is 0 Å². The van der Waals surface area contributed by atoms with Crippen molar-refractivity contribution in [1.29, 1.82) is 0 Å². The van der Waals surface area contributed by atoms with E-state index >= 15 is 0 Å². The molecule has 1 unspecified atom stereocenters. The number of nitrogens with one attached hydrogen (secondary N) is 1. The Morgan fingerprint density at radius 1 is 1.21 bits per heavy atom. The van der Waals surface area contributed by atoms with E-state index in [0.717, 1.165) is 29.5 Å². The van der Waals surface area contributed by atoms with Crippen molar-refractivity contribution in [3.05, 3.63) is 69.8 Å². The molecule has 0 bridgehead atoms. The number of allylic oxidation sites excluding steroid dienone is 1. The van der Waals surface area contributed by atoms with Crippen LogP contribution in [0.5, 0.6) is 5.75 Å². The number of hydrogen-bond acceptors (Lipinski definition) is 7. The van der Waals surface area contributed by atoms with Gasteiger partial charge in [-0.3, -0.25) is 10.1 Å². The van der Waals surface area contributed by atoms with Gasteiger partial charge in [0.15, 0.2) is 4.90 Å². The van der Waals surface area contributed by atoms with Crippen LogP contribution in [0.15, 0.2) is 53.4 Å². The number of hydrogen-bond donors (Lipinski definition) is 2. The predicted octanol–water partition coefficient (Wildman–Crippen LogP) is 3.46. The van der Waals surface area contributed by atoms with Gasteiger partial charge in [0.25, 0.3) is 5.69 Å². The third kappa shape index (κ3) is 5.82. The molecule has 0 aliphatic heterocycles. The highest BCUT2D eigenvalue weighted by Crippen LogP contribution is 2.38. The van der Waals surface area contributed by atoms with E-state index in [1.807, 2.05) is 18.2 Å². The molecular formula is C24H30N2O7S. The lowest BCUT2D eigenvalue weighted by molar-refractivity contribution is -0.387. The number of methoxy groups -OCH3 is 2. The molecule has 9 nitrogen and oxygen atoms in total. The first-order valence-corrected chi connectivity index (χ1v) is 12.5. The summed E-state index contributed by atoms with van der Waals surface area (Å²) in [6, 6.07) is 11.0. The van der Waals surface area contributed by atoms with Crippen molar-refractivity contribution in [3.8, 4) is 5.75 Å². The van der Waals surface area contributed by atoms with E-state index in [1.165, 1.54) is 24.3 Å². The number of sulfonamides is 1. The number of rotatable bonds is 11. The molecule has 34 heavy (non-hydrogen) atoms. The Labute approximate surface area is 199 Å². The SMILES string of the molecule is COc1ccc(C2=CCC(CCO)(OC)CC2)c(CCNS(=O)(=O)c2ccccc2[N+](=O)[O-])c1. The standard InChI is InChI=1S/C24H30N2O7S/c1-32-20-7-8-21(18-9-12-24(33-2,13-10-18)14-16-27)19(17-20)11-15-25-34(30,31)23-6-4-3-5-22(23)26(28)29/h3-9,17,25,27H,10-16H2,1-2H3. The molecule has 1 aliphatic rings. The summed E-state index contributed by atoms with van der Waals surface area (Å²) in [5, 5.41) is 20.6. The minimum absolute atomic E-state index is 0.0600. The molecule has 0 aromatic heterocycles. The fourth-order valence-electron chi connectivity index (χ4n) is 4.29. The summed E-state index contributed by atoms with van der Waals surface area (Å²) in [6.07, 6.45) is 5.26. The monoisotopic (exact) mass is 490 g/mol. The van der Waals surface area contributed by atoms with Crippen LogP contribution in [0, 0.1) is 10.1 Å². The largest absolute Gasteiger partial charge is 0.497 e. The Hall–Kier alpha value is -2.79. The van der Waals surface area contributed by atoms with E-state index in [9.17, 15) is 23.6 Å². The Kier molecular flexibility index (Phi) is 8.42. The van der Waals surface area contributed by atoms with Crippen molar-refractivity contribution < 1.29 is 27.9 Å². The molecule has 0 saturated carbocycles. The fourth-order valence-corrected chi connectivity index (χ4v) is 5.49. The maximum Gasteiger partial charge on any atom is 0.289 e. The maximum absolute atomic E-state index is 12.7. The summed E-state index contributed by atoms with van der Waals surface area (Å²) in [5.41, 5.74) is 2.20. The predicted molar refractivity (Wildman–Crippen MR) is 128 cm³/mol. The van der Waals surface area contributed by atoms with Gasteiger partial charge in [-0.2, -0.15) is 0 Å². The highest BCUT2D eigenvalue weighted by atomic mass is 32.2. The summed E-state index contributed by atoms with van der Waals surface area (Å²) in [5.74, 6) is 0.656. The zero-order valence-corrected chi connectivity index (χ0v) is 20.1. The molecular weight excluding hydrogens is 460 g/mol. The smallest absolute Gasteiger partial charge is 0.289 e. The number of nitro benzene ring substituents is 1. The van der Waals surface area contributed by atoms with Gasteiger partial charge in [0.1, 0.15) is 5.75 Å². The normalized spacial score (nSPS) is 18.4. The average Bonchev–Trinajstić information content (AvgIpc) is 2.84. The molecule has 10 heteroatoms. The Morgan fingerprint density at radius 3 is 2.59 bits per heavy atom. The molecule has 1 aliphatic carbocycles. The molecule has 2 aromatic rings. The number of aliphatic hydroxyl groups is 1. The number of ether oxygens (including phenoxy) is 2. The zero-order chi connectivity index (χ0) is 24.8. The van der Waals surface area contributed by atoms with Crippen LogP contribution < -0.4 is 9.46 Å². The van der Waals surface area contributed by atoms with Crippen LogP contribution in [0.2, 0.25) is 0 Å². The summed E-state index contributed by atoms with van der Waals surface area (Å²) in [4.78, 5) is 10.2. The zero-order valence-electron chi connectivity index (χ0n) is 19.3. The highest BCUT2D eigenvalue weighted by Gasteiger charge is 2.32. The molecule has 184 valence electrons. The second kappa shape index (κ2) is 11.1. The summed E-state index contributed by atoms with van der Waals surface area (Å²) < 4.78 is 39.0. The fraction of sp³-hybridized carbons (Fsp3) is 0.417. The number of aliphatic hydroxyl groups excluding tert-OH is 1. The van der Waals surface area contributed by atoms with Crippen LogP contribution in [-0.4, -0.2) is 51.4 Å². The number of nitro groups is 1. The van der Waals surface area contributed by atoms with Crippen LogP contribution in [0.25, 0.3) is 5.57 Å². The summed E-state index contributed by atoms with van der Waals surface area (Å²) in [7, 11) is -0.832. The molecule has 2 N–H and O–H groups in total. The van der Waals surface area contributed by atoms with E-state index < -0.39 is 20.6 Å². The maximum atomic E-state index is 12.7. The Bertz CT molecular complexity index is 1160. The number of benzene rings is 2. The minimum atomic E-state index is -4.06. The highest BCUT2D eigenvalue weighted by molar-refractivity contribution is 7.89. The quantitative estimate of drug-likeness (QED) is 0.365. The Morgan fingerprint density at radius 2 is 1.97 bits per heavy atom. The third-order valence-corrected chi connectivity index (χ3v) is 7.78. The second-order valence-corrected chi connectivity index (χ2v) is 9.93. The van der Waals surface area contributed by atoms with E-state index in [1.54, 1.807) is 14.2 Å². The molecule has 2 aromatic carbocycles. The molecule has 0 spiro atoms. The molecule has 0 amide bonds. The van der Waals surface area contributed by atoms with Gasteiger partial charge in [0.05, 0.1) is 17.6 Å². The summed E-state index contributed by atoms with van der Waals surface area (Å²) >= 11 is 0. The Balaban J connectivity index is 1.80. The van der Waals surface area contributed by atoms with E-state index in [0.29, 0.717) is 25.0 Å². The number of para-hydroxylation sites is 1. The van der Waals surface area contributed by atoms with Crippen molar-refractivity contribution in [1.82, 2.24) is 4.72 Å². The lowest BCUT2D eigenvalue weighted by Crippen LogP contribution is -2.34. The number of nitrogens with zero attached hydrogens (tertiary/aromatic N) is 1. The first kappa shape index (κ1) is 25.8. The summed E-state index contributed by atoms with van der Waals surface area (Å²) in [6.45, 7) is 0.124. The van der Waals surface area contributed by atoms with Crippen LogP contribution in [0.4, 0.5) is 5.69 Å². The molecule has 0 fully saturated rings. The van der Waals surface area contributed by atoms with Crippen LogP contribution in [0.1, 0.15) is 36.8 Å². The second-order valence-electron chi connectivity index (χ2n) is 8.19. The van der Waals surface area contributed by atoms with Gasteiger partial charge >= 0.3 is 0 Å². The van der Waals surface area contributed by atoms with Crippen LogP contribution in [-0.2, 0) is 21.2 Å². The molecule has 0 radical (unpaired) electrons. The minimum Gasteiger partial charge on any atom is -0.497 e. The van der Waals surface area contributed by atoms with Gasteiger partial charge < -0.3 is 14.6 Å². The first-order chi connectivity index (χ1) is 16.2. The lowest BCUT2D eigenvalue weighted by Gasteiger charge is -2.35.